The van der Waals surface area contributed by atoms with Crippen molar-refractivity contribution in [3.05, 3.63) is 54.2 Å². The molecule has 25 heavy (non-hydrogen) atoms. The zero-order chi connectivity index (χ0) is 17.6. The first-order valence-corrected chi connectivity index (χ1v) is 7.27. The summed E-state index contributed by atoms with van der Waals surface area (Å²) in [6.45, 7) is -2.88. The third-order valence-corrected chi connectivity index (χ3v) is 3.16. The standard InChI is InChI=1S/C16H13F2N5O2/c17-15(18)25-11-6-4-10(5-7-11)9-13(24)20-16-21-14(22-23-16)12-3-1-2-8-19-12/h1-8,15H,9H2,(H2,20,21,22,23,24). The number of anilines is 1. The number of rotatable bonds is 6. The first kappa shape index (κ1) is 16.5. The molecule has 0 radical (unpaired) electrons. The van der Waals surface area contributed by atoms with Gasteiger partial charge >= 0.3 is 6.61 Å². The average molecular weight is 345 g/mol. The van der Waals surface area contributed by atoms with Gasteiger partial charge in [-0.05, 0) is 29.8 Å². The van der Waals surface area contributed by atoms with Crippen LogP contribution in [-0.2, 0) is 11.2 Å². The Labute approximate surface area is 141 Å². The minimum absolute atomic E-state index is 0.0353. The Morgan fingerprint density at radius 1 is 1.20 bits per heavy atom. The molecule has 0 spiro atoms. The summed E-state index contributed by atoms with van der Waals surface area (Å²) in [5.41, 5.74) is 1.24. The number of halogens is 2. The Kier molecular flexibility index (Phi) is 4.93. The molecule has 0 saturated heterocycles. The number of amides is 1. The lowest BCUT2D eigenvalue weighted by molar-refractivity contribution is -0.115. The lowest BCUT2D eigenvalue weighted by Gasteiger charge is -2.05. The van der Waals surface area contributed by atoms with E-state index < -0.39 is 6.61 Å². The molecule has 1 aromatic carbocycles. The van der Waals surface area contributed by atoms with Crippen molar-refractivity contribution in [1.29, 1.82) is 0 Å². The normalized spacial score (nSPS) is 10.7. The van der Waals surface area contributed by atoms with Crippen molar-refractivity contribution >= 4 is 11.9 Å². The van der Waals surface area contributed by atoms with Crippen LogP contribution < -0.4 is 10.1 Å². The molecule has 0 aliphatic carbocycles. The smallest absolute Gasteiger partial charge is 0.387 e. The van der Waals surface area contributed by atoms with Crippen molar-refractivity contribution in [3.8, 4) is 17.3 Å². The highest BCUT2D eigenvalue weighted by atomic mass is 19.3. The predicted molar refractivity (Wildman–Crippen MR) is 85.0 cm³/mol. The van der Waals surface area contributed by atoms with E-state index in [0.717, 1.165) is 0 Å². The van der Waals surface area contributed by atoms with E-state index in [1.807, 2.05) is 6.07 Å². The summed E-state index contributed by atoms with van der Waals surface area (Å²) in [6, 6.07) is 11.2. The van der Waals surface area contributed by atoms with Gasteiger partial charge in [0.15, 0.2) is 5.82 Å². The van der Waals surface area contributed by atoms with E-state index in [4.69, 9.17) is 0 Å². The number of H-pyrrole nitrogens is 1. The Balaban J connectivity index is 1.58. The fraction of sp³-hybridized carbons (Fsp3) is 0.125. The summed E-state index contributed by atoms with van der Waals surface area (Å²) in [5.74, 6) is 0.259. The second-order valence-corrected chi connectivity index (χ2v) is 4.97. The number of ether oxygens (including phenoxy) is 1. The number of hydrogen-bond acceptors (Lipinski definition) is 5. The second-order valence-electron chi connectivity index (χ2n) is 4.97. The summed E-state index contributed by atoms with van der Waals surface area (Å²) >= 11 is 0. The van der Waals surface area contributed by atoms with Gasteiger partial charge in [0.1, 0.15) is 11.4 Å². The number of pyridine rings is 1. The van der Waals surface area contributed by atoms with Gasteiger partial charge in [-0.1, -0.05) is 18.2 Å². The third-order valence-electron chi connectivity index (χ3n) is 3.16. The van der Waals surface area contributed by atoms with Gasteiger partial charge in [-0.15, -0.1) is 5.10 Å². The maximum atomic E-state index is 12.1. The van der Waals surface area contributed by atoms with Crippen molar-refractivity contribution in [2.45, 2.75) is 13.0 Å². The largest absolute Gasteiger partial charge is 0.435 e. The number of aromatic nitrogens is 4. The number of hydrogen-bond donors (Lipinski definition) is 2. The van der Waals surface area contributed by atoms with Crippen LogP contribution in [0.15, 0.2) is 48.7 Å². The molecule has 0 unspecified atom stereocenters. The molecule has 0 saturated carbocycles. The molecule has 128 valence electrons. The second kappa shape index (κ2) is 7.47. The van der Waals surface area contributed by atoms with Crippen molar-refractivity contribution in [1.82, 2.24) is 20.2 Å². The molecule has 0 atom stereocenters. The lowest BCUT2D eigenvalue weighted by atomic mass is 10.1. The number of nitrogens with one attached hydrogen (secondary N) is 2. The van der Waals surface area contributed by atoms with Gasteiger partial charge in [0.05, 0.1) is 6.42 Å². The van der Waals surface area contributed by atoms with E-state index in [1.165, 1.54) is 24.3 Å². The van der Waals surface area contributed by atoms with Crippen LogP contribution in [0.25, 0.3) is 11.5 Å². The van der Waals surface area contributed by atoms with Crippen LogP contribution in [0, 0.1) is 0 Å². The molecule has 0 bridgehead atoms. The summed E-state index contributed by atoms with van der Waals surface area (Å²) in [4.78, 5) is 20.3. The zero-order valence-corrected chi connectivity index (χ0v) is 12.8. The van der Waals surface area contributed by atoms with E-state index in [-0.39, 0.29) is 24.0 Å². The third kappa shape index (κ3) is 4.56. The Morgan fingerprint density at radius 2 is 2.00 bits per heavy atom. The van der Waals surface area contributed by atoms with Crippen LogP contribution in [0.2, 0.25) is 0 Å². The van der Waals surface area contributed by atoms with Gasteiger partial charge in [0, 0.05) is 6.20 Å². The SMILES string of the molecule is O=C(Cc1ccc(OC(F)F)cc1)Nc1n[nH]c(-c2ccccn2)n1. The van der Waals surface area contributed by atoms with Crippen LogP contribution in [0.1, 0.15) is 5.56 Å². The summed E-state index contributed by atoms with van der Waals surface area (Å²) in [5, 5.41) is 9.16. The molecule has 2 aromatic heterocycles. The minimum Gasteiger partial charge on any atom is -0.435 e. The molecule has 0 aliphatic heterocycles. The molecule has 2 heterocycles. The molecular weight excluding hydrogens is 332 g/mol. The first-order chi connectivity index (χ1) is 12.1. The molecule has 7 nitrogen and oxygen atoms in total. The van der Waals surface area contributed by atoms with E-state index in [2.05, 4.69) is 30.2 Å². The van der Waals surface area contributed by atoms with Gasteiger partial charge in [0.25, 0.3) is 0 Å². The van der Waals surface area contributed by atoms with E-state index in [0.29, 0.717) is 17.1 Å². The summed E-state index contributed by atoms with van der Waals surface area (Å²) in [7, 11) is 0. The van der Waals surface area contributed by atoms with Crippen molar-refractivity contribution in [2.75, 3.05) is 5.32 Å². The number of carbonyl (C=O) groups is 1. The van der Waals surface area contributed by atoms with Crippen molar-refractivity contribution in [3.63, 3.8) is 0 Å². The fourth-order valence-corrected chi connectivity index (χ4v) is 2.08. The summed E-state index contributed by atoms with van der Waals surface area (Å²) < 4.78 is 28.4. The zero-order valence-electron chi connectivity index (χ0n) is 12.8. The van der Waals surface area contributed by atoms with Crippen molar-refractivity contribution in [2.24, 2.45) is 0 Å². The van der Waals surface area contributed by atoms with Crippen LogP contribution in [0.5, 0.6) is 5.75 Å². The van der Waals surface area contributed by atoms with Crippen LogP contribution in [-0.4, -0.2) is 32.7 Å². The Bertz CT molecular complexity index is 837. The Hall–Kier alpha value is -3.36. The Morgan fingerprint density at radius 3 is 2.68 bits per heavy atom. The van der Waals surface area contributed by atoms with Gasteiger partial charge in [-0.25, -0.2) is 0 Å². The summed E-state index contributed by atoms with van der Waals surface area (Å²) in [6.07, 6.45) is 1.67. The molecule has 2 N–H and O–H groups in total. The maximum Gasteiger partial charge on any atom is 0.387 e. The molecule has 9 heteroatoms. The van der Waals surface area contributed by atoms with Crippen LogP contribution in [0.3, 0.4) is 0 Å². The van der Waals surface area contributed by atoms with E-state index in [9.17, 15) is 13.6 Å². The van der Waals surface area contributed by atoms with Gasteiger partial charge in [-0.3, -0.25) is 20.2 Å². The van der Waals surface area contributed by atoms with E-state index >= 15 is 0 Å². The molecular formula is C16H13F2N5O2. The van der Waals surface area contributed by atoms with Crippen LogP contribution in [0.4, 0.5) is 14.7 Å². The van der Waals surface area contributed by atoms with E-state index in [1.54, 1.807) is 18.3 Å². The first-order valence-electron chi connectivity index (χ1n) is 7.27. The van der Waals surface area contributed by atoms with Crippen molar-refractivity contribution < 1.29 is 18.3 Å². The maximum absolute atomic E-state index is 12.1. The van der Waals surface area contributed by atoms with Gasteiger partial charge in [0.2, 0.25) is 11.9 Å². The number of benzene rings is 1. The molecule has 1 amide bonds. The molecule has 0 fully saturated rings. The monoisotopic (exact) mass is 345 g/mol. The highest BCUT2D eigenvalue weighted by Gasteiger charge is 2.11. The number of aromatic amines is 1. The fourth-order valence-electron chi connectivity index (χ4n) is 2.08. The molecule has 3 aromatic rings. The topological polar surface area (TPSA) is 92.8 Å². The van der Waals surface area contributed by atoms with Crippen LogP contribution >= 0.6 is 0 Å². The lowest BCUT2D eigenvalue weighted by Crippen LogP contribution is -2.15. The highest BCUT2D eigenvalue weighted by molar-refractivity contribution is 5.90. The number of nitrogens with zero attached hydrogens (tertiary/aromatic N) is 3. The highest BCUT2D eigenvalue weighted by Crippen LogP contribution is 2.16. The van der Waals surface area contributed by atoms with Gasteiger partial charge in [-0.2, -0.15) is 13.8 Å². The number of alkyl halides is 2. The quantitative estimate of drug-likeness (QED) is 0.716. The predicted octanol–water partition coefficient (Wildman–Crippen LogP) is 2.65. The molecule has 0 aliphatic rings. The average Bonchev–Trinajstić information content (AvgIpc) is 3.05. The molecule has 3 rings (SSSR count). The van der Waals surface area contributed by atoms with Gasteiger partial charge < -0.3 is 4.74 Å². The number of carbonyl (C=O) groups excluding carboxylic acids is 1. The minimum atomic E-state index is -2.88.